The third-order valence-electron chi connectivity index (χ3n) is 4.45. The normalized spacial score (nSPS) is 12.0. The fourth-order valence-corrected chi connectivity index (χ4v) is 2.96. The molecule has 1 aromatic heterocycles. The first-order chi connectivity index (χ1) is 12.8. The van der Waals surface area contributed by atoms with Gasteiger partial charge in [0.15, 0.2) is 0 Å². The van der Waals surface area contributed by atoms with Gasteiger partial charge < -0.3 is 4.57 Å². The second-order valence-corrected chi connectivity index (χ2v) is 6.24. The Balaban J connectivity index is 1.71. The number of nitrogens with zero attached hydrogens (tertiary/aromatic N) is 2. The highest BCUT2D eigenvalue weighted by molar-refractivity contribution is 6.01. The van der Waals surface area contributed by atoms with E-state index in [4.69, 9.17) is 0 Å². The topological polar surface area (TPSA) is 46.4 Å². The van der Waals surface area contributed by atoms with Crippen LogP contribution in [-0.4, -0.2) is 16.7 Å². The van der Waals surface area contributed by atoms with Crippen LogP contribution in [0.4, 0.5) is 13.2 Å². The minimum atomic E-state index is -4.43. The van der Waals surface area contributed by atoms with E-state index in [0.717, 1.165) is 34.3 Å². The summed E-state index contributed by atoms with van der Waals surface area (Å²) in [6, 6.07) is 12.5. The summed E-state index contributed by atoms with van der Waals surface area (Å²) in [6.45, 7) is 1.95. The molecule has 3 aromatic rings. The first-order valence-electron chi connectivity index (χ1n) is 8.29. The van der Waals surface area contributed by atoms with E-state index in [0.29, 0.717) is 0 Å². The molecule has 3 rings (SSSR count). The number of amides is 1. The second kappa shape index (κ2) is 7.26. The number of alkyl halides is 3. The molecule has 0 radical (unpaired) electrons. The maximum absolute atomic E-state index is 12.7. The smallest absolute Gasteiger partial charge is 0.347 e. The van der Waals surface area contributed by atoms with Crippen molar-refractivity contribution in [2.45, 2.75) is 19.5 Å². The van der Waals surface area contributed by atoms with E-state index in [1.165, 1.54) is 12.1 Å². The van der Waals surface area contributed by atoms with E-state index < -0.39 is 17.6 Å². The Hall–Kier alpha value is -3.09. The van der Waals surface area contributed by atoms with Gasteiger partial charge in [-0.2, -0.15) is 18.3 Å². The number of nitrogens with one attached hydrogen (secondary N) is 1. The Bertz CT molecular complexity index is 1020. The van der Waals surface area contributed by atoms with Gasteiger partial charge in [-0.25, -0.2) is 5.43 Å². The first-order valence-corrected chi connectivity index (χ1v) is 8.29. The van der Waals surface area contributed by atoms with Crippen LogP contribution >= 0.6 is 0 Å². The fraction of sp³-hybridized carbons (Fsp3) is 0.200. The van der Waals surface area contributed by atoms with Gasteiger partial charge in [0.2, 0.25) is 5.91 Å². The van der Waals surface area contributed by atoms with E-state index in [-0.39, 0.29) is 12.0 Å². The molecule has 0 saturated heterocycles. The number of halogens is 3. The average Bonchev–Trinajstić information content (AvgIpc) is 2.86. The highest BCUT2D eigenvalue weighted by atomic mass is 19.4. The number of hydrogen-bond acceptors (Lipinski definition) is 2. The molecule has 0 aliphatic heterocycles. The van der Waals surface area contributed by atoms with Crippen molar-refractivity contribution < 1.29 is 18.0 Å². The molecule has 0 saturated carbocycles. The van der Waals surface area contributed by atoms with E-state index >= 15 is 0 Å². The average molecular weight is 373 g/mol. The summed E-state index contributed by atoms with van der Waals surface area (Å²) >= 11 is 0. The van der Waals surface area contributed by atoms with Gasteiger partial charge in [-0.05, 0) is 24.6 Å². The number of carbonyl (C=O) groups is 1. The lowest BCUT2D eigenvalue weighted by molar-refractivity contribution is -0.137. The van der Waals surface area contributed by atoms with Crippen molar-refractivity contribution in [3.63, 3.8) is 0 Å². The second-order valence-electron chi connectivity index (χ2n) is 6.24. The molecule has 4 nitrogen and oxygen atoms in total. The van der Waals surface area contributed by atoms with Crippen LogP contribution in [0.5, 0.6) is 0 Å². The zero-order valence-corrected chi connectivity index (χ0v) is 14.8. The van der Waals surface area contributed by atoms with Crippen LogP contribution in [0.1, 0.15) is 22.4 Å². The Morgan fingerprint density at radius 1 is 1.19 bits per heavy atom. The molecule has 140 valence electrons. The van der Waals surface area contributed by atoms with Crippen molar-refractivity contribution in [1.82, 2.24) is 9.99 Å². The van der Waals surface area contributed by atoms with Crippen LogP contribution in [-0.2, 0) is 24.4 Å². The van der Waals surface area contributed by atoms with Gasteiger partial charge in [-0.15, -0.1) is 0 Å². The Morgan fingerprint density at radius 3 is 2.67 bits per heavy atom. The number of fused-ring (bicyclic) bond motifs is 1. The maximum Gasteiger partial charge on any atom is 0.416 e. The fourth-order valence-electron chi connectivity index (χ4n) is 2.96. The molecule has 0 atom stereocenters. The van der Waals surface area contributed by atoms with Crippen LogP contribution in [0.2, 0.25) is 0 Å². The minimum Gasteiger partial charge on any atom is -0.347 e. The SMILES string of the molecule is Cc1c(/C=N\NC(=O)Cc2cccc(C(F)(F)F)c2)c2ccccc2n1C. The Kier molecular flexibility index (Phi) is 5.03. The highest BCUT2D eigenvalue weighted by Gasteiger charge is 2.30. The summed E-state index contributed by atoms with van der Waals surface area (Å²) in [5.41, 5.74) is 4.80. The van der Waals surface area contributed by atoms with Gasteiger partial charge in [0.1, 0.15) is 0 Å². The van der Waals surface area contributed by atoms with Crippen LogP contribution < -0.4 is 5.43 Å². The van der Waals surface area contributed by atoms with Gasteiger partial charge in [0.25, 0.3) is 0 Å². The zero-order valence-electron chi connectivity index (χ0n) is 14.8. The number of benzene rings is 2. The van der Waals surface area contributed by atoms with E-state index in [9.17, 15) is 18.0 Å². The molecule has 0 fully saturated rings. The number of rotatable bonds is 4. The number of aromatic nitrogens is 1. The van der Waals surface area contributed by atoms with Gasteiger partial charge in [-0.3, -0.25) is 4.79 Å². The number of hydrogen-bond donors (Lipinski definition) is 1. The monoisotopic (exact) mass is 373 g/mol. The molecule has 1 heterocycles. The van der Waals surface area contributed by atoms with Gasteiger partial charge in [0, 0.05) is 29.2 Å². The molecule has 27 heavy (non-hydrogen) atoms. The number of para-hydroxylation sites is 1. The van der Waals surface area contributed by atoms with Crippen molar-refractivity contribution in [2.75, 3.05) is 0 Å². The Morgan fingerprint density at radius 2 is 1.93 bits per heavy atom. The Labute approximate surface area is 154 Å². The predicted octanol–water partition coefficient (Wildman–Crippen LogP) is 4.20. The minimum absolute atomic E-state index is 0.185. The van der Waals surface area contributed by atoms with Crippen molar-refractivity contribution in [1.29, 1.82) is 0 Å². The summed E-state index contributed by atoms with van der Waals surface area (Å²) in [5.74, 6) is -0.483. The van der Waals surface area contributed by atoms with Gasteiger partial charge >= 0.3 is 6.18 Å². The summed E-state index contributed by atoms with van der Waals surface area (Å²) < 4.78 is 40.2. The van der Waals surface area contributed by atoms with Crippen LogP contribution in [0.25, 0.3) is 10.9 Å². The highest BCUT2D eigenvalue weighted by Crippen LogP contribution is 2.29. The lowest BCUT2D eigenvalue weighted by atomic mass is 10.1. The molecule has 7 heteroatoms. The molecular formula is C20H18F3N3O. The molecule has 2 aromatic carbocycles. The number of hydrazone groups is 1. The molecule has 0 unspecified atom stereocenters. The summed E-state index contributed by atoms with van der Waals surface area (Å²) in [4.78, 5) is 12.0. The van der Waals surface area contributed by atoms with Crippen molar-refractivity contribution in [3.8, 4) is 0 Å². The van der Waals surface area contributed by atoms with E-state index in [1.807, 2.05) is 42.8 Å². The predicted molar refractivity (Wildman–Crippen MR) is 98.5 cm³/mol. The van der Waals surface area contributed by atoms with Crippen LogP contribution in [0, 0.1) is 6.92 Å². The van der Waals surface area contributed by atoms with E-state index in [2.05, 4.69) is 10.5 Å². The van der Waals surface area contributed by atoms with Crippen molar-refractivity contribution in [3.05, 3.63) is 70.9 Å². The summed E-state index contributed by atoms with van der Waals surface area (Å²) in [6.07, 6.45) is -3.06. The van der Waals surface area contributed by atoms with Crippen LogP contribution in [0.15, 0.2) is 53.6 Å². The van der Waals surface area contributed by atoms with E-state index in [1.54, 1.807) is 6.21 Å². The molecule has 1 amide bonds. The molecule has 0 aliphatic rings. The first kappa shape index (κ1) is 18.7. The molecule has 0 aliphatic carbocycles. The zero-order chi connectivity index (χ0) is 19.6. The van der Waals surface area contributed by atoms with Crippen LogP contribution in [0.3, 0.4) is 0 Å². The molecule has 0 spiro atoms. The summed E-state index contributed by atoms with van der Waals surface area (Å²) in [5, 5.41) is 4.98. The third kappa shape index (κ3) is 4.02. The molecule has 0 bridgehead atoms. The molecule has 1 N–H and O–H groups in total. The van der Waals surface area contributed by atoms with Gasteiger partial charge in [0.05, 0.1) is 18.2 Å². The number of carbonyl (C=O) groups excluding carboxylic acids is 1. The van der Waals surface area contributed by atoms with Crippen molar-refractivity contribution in [2.24, 2.45) is 12.1 Å². The van der Waals surface area contributed by atoms with Gasteiger partial charge in [-0.1, -0.05) is 36.4 Å². The summed E-state index contributed by atoms with van der Waals surface area (Å²) in [7, 11) is 1.95. The third-order valence-corrected chi connectivity index (χ3v) is 4.45. The quantitative estimate of drug-likeness (QED) is 0.541. The van der Waals surface area contributed by atoms with Crippen molar-refractivity contribution >= 4 is 23.0 Å². The number of aryl methyl sites for hydroxylation is 1. The lowest BCUT2D eigenvalue weighted by Gasteiger charge is -2.08. The lowest BCUT2D eigenvalue weighted by Crippen LogP contribution is -2.20. The molecular weight excluding hydrogens is 355 g/mol. The largest absolute Gasteiger partial charge is 0.416 e. The standard InChI is InChI=1S/C20H18F3N3O/c1-13-17(16-8-3-4-9-18(16)26(13)2)12-24-25-19(27)11-14-6-5-7-15(10-14)20(21,22)23/h3-10,12H,11H2,1-2H3,(H,25,27)/b24-12-. The maximum atomic E-state index is 12.7.